The minimum atomic E-state index is 0.330. The summed E-state index contributed by atoms with van der Waals surface area (Å²) < 4.78 is 6.33. The van der Waals surface area contributed by atoms with Gasteiger partial charge in [-0.25, -0.2) is 0 Å². The molecule has 0 amide bonds. The molecule has 1 aromatic heterocycles. The molecule has 19 heavy (non-hydrogen) atoms. The fraction of sp³-hybridized carbons (Fsp3) is 0.250. The van der Waals surface area contributed by atoms with Crippen molar-refractivity contribution in [3.63, 3.8) is 0 Å². The molecule has 1 N–H and O–H groups in total. The summed E-state index contributed by atoms with van der Waals surface area (Å²) in [7, 11) is 1.76. The Morgan fingerprint density at radius 1 is 1.26 bits per heavy atom. The van der Waals surface area contributed by atoms with E-state index in [2.05, 4.69) is 36.2 Å². The number of aromatic nitrogens is 3. The van der Waals surface area contributed by atoms with Crippen molar-refractivity contribution in [2.75, 3.05) is 19.0 Å². The molecule has 0 aliphatic carbocycles. The van der Waals surface area contributed by atoms with E-state index in [9.17, 15) is 0 Å². The van der Waals surface area contributed by atoms with E-state index in [4.69, 9.17) is 4.74 Å². The molecule has 0 aliphatic rings. The Balaban J connectivity index is 2.29. The van der Waals surface area contributed by atoms with Crippen LogP contribution in [0, 0.1) is 0 Å². The summed E-state index contributed by atoms with van der Waals surface area (Å²) in [6.45, 7) is 2.41. The SMILES string of the molecule is CCOc1nc(NC)nc(Sc2ccccc2Br)n1. The second-order valence-corrected chi connectivity index (χ2v) is 5.30. The van der Waals surface area contributed by atoms with Gasteiger partial charge in [0.1, 0.15) is 0 Å². The van der Waals surface area contributed by atoms with Crippen LogP contribution in [0.5, 0.6) is 6.01 Å². The van der Waals surface area contributed by atoms with Crippen molar-refractivity contribution in [3.05, 3.63) is 28.7 Å². The molecule has 0 spiro atoms. The molecule has 0 fully saturated rings. The van der Waals surface area contributed by atoms with Gasteiger partial charge in [0.2, 0.25) is 11.1 Å². The third kappa shape index (κ3) is 3.81. The Morgan fingerprint density at radius 2 is 2.05 bits per heavy atom. The number of ether oxygens (including phenoxy) is 1. The maximum absolute atomic E-state index is 5.33. The van der Waals surface area contributed by atoms with Gasteiger partial charge in [0.05, 0.1) is 6.61 Å². The maximum Gasteiger partial charge on any atom is 0.322 e. The first-order chi connectivity index (χ1) is 9.22. The molecule has 0 saturated heterocycles. The molecule has 2 rings (SSSR count). The topological polar surface area (TPSA) is 59.9 Å². The first kappa shape index (κ1) is 14.1. The van der Waals surface area contributed by atoms with Gasteiger partial charge in [-0.2, -0.15) is 15.0 Å². The fourth-order valence-corrected chi connectivity index (χ4v) is 2.61. The second-order valence-electron chi connectivity index (χ2n) is 3.44. The molecule has 0 aliphatic heterocycles. The molecule has 0 radical (unpaired) electrons. The Morgan fingerprint density at radius 3 is 2.74 bits per heavy atom. The monoisotopic (exact) mass is 340 g/mol. The van der Waals surface area contributed by atoms with Gasteiger partial charge in [-0.1, -0.05) is 12.1 Å². The molecule has 100 valence electrons. The normalized spacial score (nSPS) is 10.3. The highest BCUT2D eigenvalue weighted by molar-refractivity contribution is 9.10. The molecule has 2 aromatic rings. The lowest BCUT2D eigenvalue weighted by Gasteiger charge is -2.07. The van der Waals surface area contributed by atoms with Gasteiger partial charge < -0.3 is 10.1 Å². The van der Waals surface area contributed by atoms with E-state index >= 15 is 0 Å². The zero-order valence-electron chi connectivity index (χ0n) is 10.6. The largest absolute Gasteiger partial charge is 0.464 e. The van der Waals surface area contributed by atoms with Crippen molar-refractivity contribution >= 4 is 33.6 Å². The first-order valence-corrected chi connectivity index (χ1v) is 7.33. The van der Waals surface area contributed by atoms with Crippen LogP contribution in [0.3, 0.4) is 0 Å². The molecule has 1 aromatic carbocycles. The molecule has 7 heteroatoms. The van der Waals surface area contributed by atoms with Crippen molar-refractivity contribution in [2.45, 2.75) is 17.0 Å². The molecule has 0 saturated carbocycles. The van der Waals surface area contributed by atoms with Gasteiger partial charge in [-0.3, -0.25) is 0 Å². The summed E-state index contributed by atoms with van der Waals surface area (Å²) in [5, 5.41) is 3.49. The lowest BCUT2D eigenvalue weighted by Crippen LogP contribution is -2.04. The molecule has 0 bridgehead atoms. The number of nitrogens with one attached hydrogen (secondary N) is 1. The summed E-state index contributed by atoms with van der Waals surface area (Å²) in [5.41, 5.74) is 0. The minimum Gasteiger partial charge on any atom is -0.464 e. The van der Waals surface area contributed by atoms with E-state index in [1.807, 2.05) is 31.2 Å². The highest BCUT2D eigenvalue weighted by atomic mass is 79.9. The summed E-state index contributed by atoms with van der Waals surface area (Å²) >= 11 is 4.95. The quantitative estimate of drug-likeness (QED) is 0.901. The van der Waals surface area contributed by atoms with E-state index in [1.54, 1.807) is 7.05 Å². The predicted octanol–water partition coefficient (Wildman–Crippen LogP) is 3.23. The van der Waals surface area contributed by atoms with Gasteiger partial charge >= 0.3 is 6.01 Å². The fourth-order valence-electron chi connectivity index (χ4n) is 1.31. The molecular weight excluding hydrogens is 328 g/mol. The van der Waals surface area contributed by atoms with E-state index in [1.165, 1.54) is 11.8 Å². The summed E-state index contributed by atoms with van der Waals surface area (Å²) in [5.74, 6) is 0.494. The lowest BCUT2D eigenvalue weighted by molar-refractivity contribution is 0.308. The van der Waals surface area contributed by atoms with Crippen LogP contribution in [-0.2, 0) is 0 Å². The molecule has 0 atom stereocenters. The average Bonchev–Trinajstić information content (AvgIpc) is 2.41. The number of hydrogen-bond donors (Lipinski definition) is 1. The molecule has 0 unspecified atom stereocenters. The van der Waals surface area contributed by atoms with Crippen molar-refractivity contribution < 1.29 is 4.74 Å². The highest BCUT2D eigenvalue weighted by Gasteiger charge is 2.09. The van der Waals surface area contributed by atoms with Crippen molar-refractivity contribution in [2.24, 2.45) is 0 Å². The molecular formula is C12H13BrN4OS. The number of halogens is 1. The standard InChI is InChI=1S/C12H13BrN4OS/c1-3-18-11-15-10(14-2)16-12(17-11)19-9-7-5-4-6-8(9)13/h4-7H,3H2,1-2H3,(H,14,15,16,17). The first-order valence-electron chi connectivity index (χ1n) is 5.72. The Hall–Kier alpha value is -1.34. The lowest BCUT2D eigenvalue weighted by atomic mass is 10.4. The van der Waals surface area contributed by atoms with Crippen LogP contribution in [0.15, 0.2) is 38.8 Å². The van der Waals surface area contributed by atoms with E-state index in [-0.39, 0.29) is 0 Å². The molecule has 5 nitrogen and oxygen atoms in total. The van der Waals surface area contributed by atoms with E-state index in [0.29, 0.717) is 23.7 Å². The predicted molar refractivity (Wildman–Crippen MR) is 78.8 cm³/mol. The number of nitrogens with zero attached hydrogens (tertiary/aromatic N) is 3. The van der Waals surface area contributed by atoms with Crippen LogP contribution >= 0.6 is 27.7 Å². The third-order valence-electron chi connectivity index (χ3n) is 2.13. The van der Waals surface area contributed by atoms with Gasteiger partial charge in [0, 0.05) is 16.4 Å². The van der Waals surface area contributed by atoms with Crippen LogP contribution in [-0.4, -0.2) is 28.6 Å². The average molecular weight is 341 g/mol. The summed E-state index contributed by atoms with van der Waals surface area (Å²) in [6, 6.07) is 8.24. The minimum absolute atomic E-state index is 0.330. The zero-order chi connectivity index (χ0) is 13.7. The molecule has 1 heterocycles. The van der Waals surface area contributed by atoms with Crippen molar-refractivity contribution in [1.29, 1.82) is 0 Å². The maximum atomic E-state index is 5.33. The summed E-state index contributed by atoms with van der Waals surface area (Å²) in [4.78, 5) is 13.7. The second kappa shape index (κ2) is 6.72. The Kier molecular flexibility index (Phi) is 4.98. The smallest absolute Gasteiger partial charge is 0.322 e. The van der Waals surface area contributed by atoms with Crippen molar-refractivity contribution in [3.8, 4) is 6.01 Å². The van der Waals surface area contributed by atoms with Gasteiger partial charge in [-0.05, 0) is 46.7 Å². The number of anilines is 1. The number of benzene rings is 1. The van der Waals surface area contributed by atoms with Crippen LogP contribution in [0.2, 0.25) is 0 Å². The highest BCUT2D eigenvalue weighted by Crippen LogP contribution is 2.32. The Bertz CT molecular complexity index is 567. The zero-order valence-corrected chi connectivity index (χ0v) is 13.0. The van der Waals surface area contributed by atoms with Crippen LogP contribution in [0.1, 0.15) is 6.92 Å². The van der Waals surface area contributed by atoms with Crippen LogP contribution < -0.4 is 10.1 Å². The number of rotatable bonds is 5. The van der Waals surface area contributed by atoms with Gasteiger partial charge in [0.25, 0.3) is 0 Å². The van der Waals surface area contributed by atoms with Crippen molar-refractivity contribution in [1.82, 2.24) is 15.0 Å². The Labute approximate surface area is 124 Å². The summed E-state index contributed by atoms with van der Waals surface area (Å²) in [6.07, 6.45) is 0. The van der Waals surface area contributed by atoms with Crippen LogP contribution in [0.25, 0.3) is 0 Å². The number of hydrogen-bond acceptors (Lipinski definition) is 6. The van der Waals surface area contributed by atoms with Gasteiger partial charge in [0.15, 0.2) is 0 Å². The van der Waals surface area contributed by atoms with Crippen LogP contribution in [0.4, 0.5) is 5.95 Å². The van der Waals surface area contributed by atoms with E-state index in [0.717, 1.165) is 9.37 Å². The van der Waals surface area contributed by atoms with Gasteiger partial charge in [-0.15, -0.1) is 0 Å². The van der Waals surface area contributed by atoms with E-state index < -0.39 is 0 Å². The third-order valence-corrected chi connectivity index (χ3v) is 4.02.